The summed E-state index contributed by atoms with van der Waals surface area (Å²) in [6, 6.07) is 0. The minimum atomic E-state index is -0.125. The number of halogens is 1. The first-order valence-electron chi connectivity index (χ1n) is 2.86. The Hall–Kier alpha value is -0.280. The second kappa shape index (κ2) is 5.85. The van der Waals surface area contributed by atoms with Crippen molar-refractivity contribution < 1.29 is 4.79 Å². The fourth-order valence-corrected chi connectivity index (χ4v) is 0.641. The Morgan fingerprint density at radius 3 is 2.67 bits per heavy atom. The van der Waals surface area contributed by atoms with Gasteiger partial charge < -0.3 is 0 Å². The van der Waals surface area contributed by atoms with Gasteiger partial charge in [0.25, 0.3) is 0 Å². The summed E-state index contributed by atoms with van der Waals surface area (Å²) >= 11 is 5.37. The summed E-state index contributed by atoms with van der Waals surface area (Å²) in [6.07, 6.45) is 2.16. The van der Waals surface area contributed by atoms with E-state index in [1.165, 1.54) is 0 Å². The molecular weight excluding hydrogens is 140 g/mol. The highest BCUT2D eigenvalue weighted by Gasteiger charge is 1.95. The van der Waals surface area contributed by atoms with Gasteiger partial charge in [0.1, 0.15) is 0 Å². The van der Waals surface area contributed by atoms with Gasteiger partial charge in [0.2, 0.25) is 5.91 Å². The number of alkyl halides is 1. The lowest BCUT2D eigenvalue weighted by Gasteiger charge is -1.95. The van der Waals surface area contributed by atoms with Gasteiger partial charge in [-0.25, -0.2) is 5.84 Å². The molecule has 0 saturated carbocycles. The molecule has 0 aliphatic rings. The molecule has 3 nitrogen and oxygen atoms in total. The van der Waals surface area contributed by atoms with Crippen molar-refractivity contribution in [2.75, 3.05) is 5.88 Å². The second-order valence-electron chi connectivity index (χ2n) is 1.71. The van der Waals surface area contributed by atoms with Crippen molar-refractivity contribution in [1.82, 2.24) is 5.43 Å². The zero-order valence-corrected chi connectivity index (χ0v) is 5.95. The maximum atomic E-state index is 10.4. The van der Waals surface area contributed by atoms with Gasteiger partial charge in [-0.3, -0.25) is 10.2 Å². The number of carbonyl (C=O) groups excluding carboxylic acids is 1. The van der Waals surface area contributed by atoms with Crippen LogP contribution in [-0.2, 0) is 4.79 Å². The molecule has 9 heavy (non-hydrogen) atoms. The molecule has 0 aromatic rings. The normalized spacial score (nSPS) is 9.11. The van der Waals surface area contributed by atoms with Gasteiger partial charge in [-0.15, -0.1) is 11.6 Å². The van der Waals surface area contributed by atoms with Crippen molar-refractivity contribution in [3.8, 4) is 0 Å². The van der Waals surface area contributed by atoms with E-state index in [1.807, 2.05) is 5.43 Å². The molecule has 0 aliphatic carbocycles. The fraction of sp³-hybridized carbons (Fsp3) is 0.800. The van der Waals surface area contributed by atoms with E-state index in [0.29, 0.717) is 12.3 Å². The Morgan fingerprint density at radius 2 is 2.22 bits per heavy atom. The Kier molecular flexibility index (Phi) is 5.67. The van der Waals surface area contributed by atoms with E-state index in [-0.39, 0.29) is 5.91 Å². The Balaban J connectivity index is 2.97. The quantitative estimate of drug-likeness (QED) is 0.200. The van der Waals surface area contributed by atoms with Crippen LogP contribution in [0.25, 0.3) is 0 Å². The van der Waals surface area contributed by atoms with Gasteiger partial charge in [-0.1, -0.05) is 0 Å². The molecule has 0 atom stereocenters. The van der Waals surface area contributed by atoms with Crippen LogP contribution in [0.5, 0.6) is 0 Å². The lowest BCUT2D eigenvalue weighted by atomic mass is 10.2. The minimum Gasteiger partial charge on any atom is -0.294 e. The average Bonchev–Trinajstić information content (AvgIpc) is 1.89. The molecule has 0 heterocycles. The number of hydrogen-bond acceptors (Lipinski definition) is 2. The van der Waals surface area contributed by atoms with Gasteiger partial charge in [0.15, 0.2) is 0 Å². The average molecular weight is 151 g/mol. The number of amides is 1. The summed E-state index contributed by atoms with van der Waals surface area (Å²) in [5.41, 5.74) is 2.04. The molecule has 1 amide bonds. The maximum Gasteiger partial charge on any atom is 0.233 e. The highest BCUT2D eigenvalue weighted by molar-refractivity contribution is 6.17. The molecule has 0 saturated heterocycles. The van der Waals surface area contributed by atoms with Crippen molar-refractivity contribution in [1.29, 1.82) is 0 Å². The van der Waals surface area contributed by atoms with Crippen LogP contribution in [0.2, 0.25) is 0 Å². The molecule has 0 aliphatic heterocycles. The van der Waals surface area contributed by atoms with E-state index in [2.05, 4.69) is 0 Å². The SMILES string of the molecule is NNC(=O)CCCCCl. The Bertz CT molecular complexity index is 87.0. The fourth-order valence-electron chi connectivity index (χ4n) is 0.452. The Morgan fingerprint density at radius 1 is 1.56 bits per heavy atom. The van der Waals surface area contributed by atoms with E-state index >= 15 is 0 Å². The molecular formula is C5H11ClN2O. The van der Waals surface area contributed by atoms with Crippen molar-refractivity contribution in [3.05, 3.63) is 0 Å². The summed E-state index contributed by atoms with van der Waals surface area (Å²) in [5, 5.41) is 0. The molecule has 0 fully saturated rings. The zero-order chi connectivity index (χ0) is 7.11. The first kappa shape index (κ1) is 8.72. The standard InChI is InChI=1S/C5H11ClN2O/c6-4-2-1-3-5(9)8-7/h1-4,7H2,(H,8,9). The molecule has 0 aromatic heterocycles. The molecule has 0 rings (SSSR count). The predicted molar refractivity (Wildman–Crippen MR) is 36.9 cm³/mol. The topological polar surface area (TPSA) is 55.1 Å². The third kappa shape index (κ3) is 5.59. The van der Waals surface area contributed by atoms with Crippen molar-refractivity contribution in [3.63, 3.8) is 0 Å². The largest absolute Gasteiger partial charge is 0.294 e. The first-order chi connectivity index (χ1) is 4.31. The number of nitrogens with one attached hydrogen (secondary N) is 1. The van der Waals surface area contributed by atoms with Crippen LogP contribution in [-0.4, -0.2) is 11.8 Å². The zero-order valence-electron chi connectivity index (χ0n) is 5.19. The van der Waals surface area contributed by atoms with Gasteiger partial charge >= 0.3 is 0 Å². The van der Waals surface area contributed by atoms with E-state index in [0.717, 1.165) is 12.8 Å². The molecule has 0 bridgehead atoms. The minimum absolute atomic E-state index is 0.125. The van der Waals surface area contributed by atoms with Crippen molar-refractivity contribution in [2.45, 2.75) is 19.3 Å². The van der Waals surface area contributed by atoms with Crippen LogP contribution in [0.3, 0.4) is 0 Å². The third-order valence-electron chi connectivity index (χ3n) is 0.948. The molecule has 54 valence electrons. The van der Waals surface area contributed by atoms with Crippen LogP contribution in [0, 0.1) is 0 Å². The molecule has 3 N–H and O–H groups in total. The summed E-state index contributed by atoms with van der Waals surface area (Å²) in [4.78, 5) is 10.4. The molecule has 0 spiro atoms. The molecule has 0 radical (unpaired) electrons. The number of carbonyl (C=O) groups is 1. The number of nitrogens with two attached hydrogens (primary N) is 1. The third-order valence-corrected chi connectivity index (χ3v) is 1.22. The molecule has 4 heteroatoms. The number of rotatable bonds is 4. The van der Waals surface area contributed by atoms with Gasteiger partial charge in [-0.2, -0.15) is 0 Å². The predicted octanol–water partition coefficient (Wildman–Crippen LogP) is 0.385. The molecule has 0 aromatic carbocycles. The van der Waals surface area contributed by atoms with E-state index in [1.54, 1.807) is 0 Å². The van der Waals surface area contributed by atoms with Gasteiger partial charge in [0, 0.05) is 12.3 Å². The van der Waals surface area contributed by atoms with Crippen molar-refractivity contribution >= 4 is 17.5 Å². The highest BCUT2D eigenvalue weighted by atomic mass is 35.5. The molecule has 0 unspecified atom stereocenters. The van der Waals surface area contributed by atoms with Gasteiger partial charge in [-0.05, 0) is 12.8 Å². The monoisotopic (exact) mass is 150 g/mol. The van der Waals surface area contributed by atoms with Crippen LogP contribution in [0.1, 0.15) is 19.3 Å². The van der Waals surface area contributed by atoms with Crippen molar-refractivity contribution in [2.24, 2.45) is 5.84 Å². The summed E-state index contributed by atoms with van der Waals surface area (Å²) < 4.78 is 0. The number of hydrazine groups is 1. The smallest absolute Gasteiger partial charge is 0.233 e. The lowest BCUT2D eigenvalue weighted by Crippen LogP contribution is -2.29. The van der Waals surface area contributed by atoms with Crippen LogP contribution in [0.4, 0.5) is 0 Å². The number of hydrogen-bond donors (Lipinski definition) is 2. The Labute approximate surface area is 59.5 Å². The van der Waals surface area contributed by atoms with E-state index in [4.69, 9.17) is 17.4 Å². The lowest BCUT2D eigenvalue weighted by molar-refractivity contribution is -0.121. The maximum absolute atomic E-state index is 10.4. The van der Waals surface area contributed by atoms with Crippen LogP contribution >= 0.6 is 11.6 Å². The summed E-state index contributed by atoms with van der Waals surface area (Å²) in [5.74, 6) is 5.31. The summed E-state index contributed by atoms with van der Waals surface area (Å²) in [6.45, 7) is 0. The second-order valence-corrected chi connectivity index (χ2v) is 2.09. The number of unbranched alkanes of at least 4 members (excludes halogenated alkanes) is 1. The van der Waals surface area contributed by atoms with E-state index < -0.39 is 0 Å². The first-order valence-corrected chi connectivity index (χ1v) is 3.40. The highest BCUT2D eigenvalue weighted by Crippen LogP contribution is 1.95. The van der Waals surface area contributed by atoms with Crippen LogP contribution in [0.15, 0.2) is 0 Å². The summed E-state index contributed by atoms with van der Waals surface area (Å²) in [7, 11) is 0. The van der Waals surface area contributed by atoms with Gasteiger partial charge in [0.05, 0.1) is 0 Å². The van der Waals surface area contributed by atoms with Crippen LogP contribution < -0.4 is 11.3 Å². The van der Waals surface area contributed by atoms with E-state index in [9.17, 15) is 4.79 Å².